The summed E-state index contributed by atoms with van der Waals surface area (Å²) < 4.78 is 0. The van der Waals surface area contributed by atoms with E-state index in [1.165, 1.54) is 12.1 Å². The van der Waals surface area contributed by atoms with E-state index in [1.54, 1.807) is 0 Å². The van der Waals surface area contributed by atoms with E-state index in [-0.39, 0.29) is 10.8 Å². The van der Waals surface area contributed by atoms with Gasteiger partial charge < -0.3 is 5.32 Å². The van der Waals surface area contributed by atoms with E-state index in [0.29, 0.717) is 5.82 Å². The quantitative estimate of drug-likeness (QED) is 0.523. The molecule has 0 radical (unpaired) electrons. The van der Waals surface area contributed by atoms with Gasteiger partial charge in [-0.25, -0.2) is 4.98 Å². The van der Waals surface area contributed by atoms with Gasteiger partial charge in [0.25, 0.3) is 5.69 Å². The number of nitrogens with zero attached hydrogens (tertiary/aromatic N) is 2. The average molecular weight is 278 g/mol. The maximum absolute atomic E-state index is 10.8. The molecule has 0 saturated heterocycles. The van der Waals surface area contributed by atoms with Gasteiger partial charge in [0.1, 0.15) is 11.0 Å². The molecule has 0 aliphatic rings. The highest BCUT2D eigenvalue weighted by Gasteiger charge is 2.10. The lowest BCUT2D eigenvalue weighted by molar-refractivity contribution is -0.384. The summed E-state index contributed by atoms with van der Waals surface area (Å²) in [5, 5.41) is 13.9. The van der Waals surface area contributed by atoms with Crippen LogP contribution in [0.1, 0.15) is 11.1 Å². The van der Waals surface area contributed by atoms with Crippen LogP contribution < -0.4 is 5.32 Å². The van der Waals surface area contributed by atoms with Gasteiger partial charge in [-0.1, -0.05) is 17.7 Å². The summed E-state index contributed by atoms with van der Waals surface area (Å²) in [5.74, 6) is 0.351. The molecular formula is C13H12ClN3O2. The Morgan fingerprint density at radius 1 is 1.16 bits per heavy atom. The van der Waals surface area contributed by atoms with Crippen molar-refractivity contribution in [2.75, 3.05) is 5.32 Å². The lowest BCUT2D eigenvalue weighted by Gasteiger charge is -2.08. The van der Waals surface area contributed by atoms with Crippen LogP contribution in [0.4, 0.5) is 17.2 Å². The van der Waals surface area contributed by atoms with Crippen molar-refractivity contribution >= 4 is 28.8 Å². The van der Waals surface area contributed by atoms with Gasteiger partial charge in [0.15, 0.2) is 0 Å². The van der Waals surface area contributed by atoms with Crippen molar-refractivity contribution in [3.05, 3.63) is 56.7 Å². The number of benzene rings is 1. The van der Waals surface area contributed by atoms with Gasteiger partial charge in [-0.15, -0.1) is 0 Å². The van der Waals surface area contributed by atoms with Crippen LogP contribution in [-0.4, -0.2) is 9.91 Å². The third-order valence-corrected chi connectivity index (χ3v) is 2.68. The zero-order valence-electron chi connectivity index (χ0n) is 10.5. The largest absolute Gasteiger partial charge is 0.340 e. The van der Waals surface area contributed by atoms with Crippen LogP contribution in [0.3, 0.4) is 0 Å². The van der Waals surface area contributed by atoms with Crippen molar-refractivity contribution in [3.63, 3.8) is 0 Å². The van der Waals surface area contributed by atoms with E-state index in [4.69, 9.17) is 11.6 Å². The van der Waals surface area contributed by atoms with E-state index >= 15 is 0 Å². The number of aromatic nitrogens is 1. The SMILES string of the molecule is Cc1cc(C)cc(Nc2cc([N+](=O)[O-])cc(Cl)n2)c1. The molecule has 98 valence electrons. The monoisotopic (exact) mass is 277 g/mol. The maximum Gasteiger partial charge on any atom is 0.276 e. The molecule has 0 aliphatic carbocycles. The molecule has 6 heteroatoms. The molecule has 2 aromatic rings. The Morgan fingerprint density at radius 2 is 1.79 bits per heavy atom. The van der Waals surface area contributed by atoms with Crippen molar-refractivity contribution in [3.8, 4) is 0 Å². The molecule has 5 nitrogen and oxygen atoms in total. The summed E-state index contributed by atoms with van der Waals surface area (Å²) in [4.78, 5) is 14.3. The van der Waals surface area contributed by atoms with E-state index in [2.05, 4.69) is 10.3 Å². The number of hydrogen-bond donors (Lipinski definition) is 1. The third kappa shape index (κ3) is 3.42. The van der Waals surface area contributed by atoms with Crippen molar-refractivity contribution in [2.24, 2.45) is 0 Å². The summed E-state index contributed by atoms with van der Waals surface area (Å²) >= 11 is 5.77. The topological polar surface area (TPSA) is 68.1 Å². The molecule has 1 N–H and O–H groups in total. The number of nitro groups is 1. The fourth-order valence-corrected chi connectivity index (χ4v) is 2.05. The molecule has 1 aromatic carbocycles. The zero-order valence-corrected chi connectivity index (χ0v) is 11.2. The number of rotatable bonds is 3. The van der Waals surface area contributed by atoms with Crippen LogP contribution in [0.5, 0.6) is 0 Å². The van der Waals surface area contributed by atoms with Gasteiger partial charge in [0.2, 0.25) is 0 Å². The van der Waals surface area contributed by atoms with Crippen LogP contribution in [0.25, 0.3) is 0 Å². The molecule has 0 unspecified atom stereocenters. The molecule has 19 heavy (non-hydrogen) atoms. The normalized spacial score (nSPS) is 10.3. The summed E-state index contributed by atoms with van der Waals surface area (Å²) in [6.45, 7) is 3.96. The number of hydrogen-bond acceptors (Lipinski definition) is 4. The highest BCUT2D eigenvalue weighted by atomic mass is 35.5. The minimum absolute atomic E-state index is 0.0843. The van der Waals surface area contributed by atoms with E-state index < -0.39 is 4.92 Å². The summed E-state index contributed by atoms with van der Waals surface area (Å²) in [5.41, 5.74) is 2.92. The first kappa shape index (κ1) is 13.3. The highest BCUT2D eigenvalue weighted by Crippen LogP contribution is 2.24. The predicted octanol–water partition coefficient (Wildman–Crippen LogP) is 4.00. The molecular weight excluding hydrogens is 266 g/mol. The molecule has 1 aromatic heterocycles. The molecule has 0 amide bonds. The van der Waals surface area contributed by atoms with Gasteiger partial charge >= 0.3 is 0 Å². The summed E-state index contributed by atoms with van der Waals surface area (Å²) in [7, 11) is 0. The Morgan fingerprint density at radius 3 is 2.37 bits per heavy atom. The standard InChI is InChI=1S/C13H12ClN3O2/c1-8-3-9(2)5-10(4-8)15-13-7-11(17(18)19)6-12(14)16-13/h3-7H,1-2H3,(H,15,16). The highest BCUT2D eigenvalue weighted by molar-refractivity contribution is 6.29. The lowest BCUT2D eigenvalue weighted by atomic mass is 10.1. The Kier molecular flexibility index (Phi) is 3.66. The van der Waals surface area contributed by atoms with Crippen LogP contribution in [-0.2, 0) is 0 Å². The Balaban J connectivity index is 2.35. The molecule has 0 saturated carbocycles. The smallest absolute Gasteiger partial charge is 0.276 e. The lowest BCUT2D eigenvalue weighted by Crippen LogP contribution is -1.97. The summed E-state index contributed by atoms with van der Waals surface area (Å²) in [6, 6.07) is 8.47. The van der Waals surface area contributed by atoms with Crippen LogP contribution >= 0.6 is 11.6 Å². The third-order valence-electron chi connectivity index (χ3n) is 2.48. The fourth-order valence-electron chi connectivity index (χ4n) is 1.85. The van der Waals surface area contributed by atoms with Gasteiger partial charge in [-0.05, 0) is 37.1 Å². The minimum atomic E-state index is -0.500. The van der Waals surface area contributed by atoms with Gasteiger partial charge in [-0.3, -0.25) is 10.1 Å². The fraction of sp³-hybridized carbons (Fsp3) is 0.154. The number of anilines is 2. The second-order valence-corrected chi connectivity index (χ2v) is 4.68. The Labute approximate surface area is 115 Å². The van der Waals surface area contributed by atoms with Crippen molar-refractivity contribution in [1.82, 2.24) is 4.98 Å². The number of aryl methyl sites for hydroxylation is 2. The number of nitrogens with one attached hydrogen (secondary N) is 1. The molecule has 0 spiro atoms. The molecule has 0 atom stereocenters. The minimum Gasteiger partial charge on any atom is -0.340 e. The van der Waals surface area contributed by atoms with Crippen molar-refractivity contribution in [1.29, 1.82) is 0 Å². The van der Waals surface area contributed by atoms with E-state index in [9.17, 15) is 10.1 Å². The van der Waals surface area contributed by atoms with Gasteiger partial charge in [0, 0.05) is 5.69 Å². The van der Waals surface area contributed by atoms with E-state index in [1.807, 2.05) is 32.0 Å². The number of halogens is 1. The zero-order chi connectivity index (χ0) is 14.0. The first-order valence-corrected chi connectivity index (χ1v) is 5.99. The van der Waals surface area contributed by atoms with Crippen LogP contribution in [0.2, 0.25) is 5.15 Å². The van der Waals surface area contributed by atoms with Crippen molar-refractivity contribution in [2.45, 2.75) is 13.8 Å². The first-order chi connectivity index (χ1) is 8.94. The predicted molar refractivity (Wildman–Crippen MR) is 75.1 cm³/mol. The van der Waals surface area contributed by atoms with E-state index in [0.717, 1.165) is 16.8 Å². The summed E-state index contributed by atoms with van der Waals surface area (Å²) in [6.07, 6.45) is 0. The van der Waals surface area contributed by atoms with Crippen LogP contribution in [0, 0.1) is 24.0 Å². The molecule has 2 rings (SSSR count). The molecule has 0 fully saturated rings. The Bertz CT molecular complexity index is 624. The van der Waals surface area contributed by atoms with Gasteiger partial charge in [-0.2, -0.15) is 0 Å². The second-order valence-electron chi connectivity index (χ2n) is 4.29. The average Bonchev–Trinajstić information content (AvgIpc) is 2.26. The van der Waals surface area contributed by atoms with Crippen molar-refractivity contribution < 1.29 is 4.92 Å². The van der Waals surface area contributed by atoms with Gasteiger partial charge in [0.05, 0.1) is 17.1 Å². The molecule has 0 bridgehead atoms. The maximum atomic E-state index is 10.8. The number of pyridine rings is 1. The molecule has 1 heterocycles. The first-order valence-electron chi connectivity index (χ1n) is 5.61. The molecule has 0 aliphatic heterocycles. The second kappa shape index (κ2) is 5.24. The Hall–Kier alpha value is -2.14. The van der Waals surface area contributed by atoms with Crippen LogP contribution in [0.15, 0.2) is 30.3 Å².